The molecule has 0 unspecified atom stereocenters. The molecule has 0 saturated carbocycles. The minimum Gasteiger partial charge on any atom is -0.382 e. The molecular weight excluding hydrogens is 407 g/mol. The molecule has 0 aliphatic heterocycles. The second-order valence-electron chi connectivity index (χ2n) is 5.14. The number of halogens is 1. The van der Waals surface area contributed by atoms with Crippen molar-refractivity contribution < 1.29 is 4.74 Å². The van der Waals surface area contributed by atoms with Crippen molar-refractivity contribution >= 4 is 29.9 Å². The Kier molecular flexibility index (Phi) is 13.0. The summed E-state index contributed by atoms with van der Waals surface area (Å²) in [5.74, 6) is 2.59. The monoisotopic (exact) mass is 438 g/mol. The van der Waals surface area contributed by atoms with Crippen LogP contribution in [-0.2, 0) is 18.3 Å². The highest BCUT2D eigenvalue weighted by Gasteiger charge is 2.04. The maximum Gasteiger partial charge on any atom is 0.191 e. The number of nitrogens with one attached hydrogen (secondary N) is 2. The van der Waals surface area contributed by atoms with E-state index in [-0.39, 0.29) is 24.0 Å². The number of guanidine groups is 1. The van der Waals surface area contributed by atoms with Crippen LogP contribution in [0.15, 0.2) is 4.99 Å². The van der Waals surface area contributed by atoms with Crippen LogP contribution in [0.1, 0.15) is 44.8 Å². The quantitative estimate of drug-likeness (QED) is 0.253. The van der Waals surface area contributed by atoms with Crippen molar-refractivity contribution in [2.75, 3.05) is 26.3 Å². The molecule has 0 radical (unpaired) electrons. The van der Waals surface area contributed by atoms with Crippen LogP contribution in [0.2, 0.25) is 0 Å². The number of aryl methyl sites for hydroxylation is 1. The first kappa shape index (κ1) is 22.1. The normalized spacial score (nSPS) is 11.2. The molecule has 0 atom stereocenters. The molecule has 1 heterocycles. The fraction of sp³-hybridized carbons (Fsp3) is 0.800. The number of hydrogen-bond acceptors (Lipinski definition) is 4. The summed E-state index contributed by atoms with van der Waals surface area (Å²) in [4.78, 5) is 4.59. The molecule has 1 aromatic heterocycles. The first-order chi connectivity index (χ1) is 10.7. The summed E-state index contributed by atoms with van der Waals surface area (Å²) in [6.45, 7) is 9.94. The number of ether oxygens (including phenoxy) is 1. The Hall–Kier alpha value is -0.900. The van der Waals surface area contributed by atoms with E-state index in [2.05, 4.69) is 32.7 Å². The third kappa shape index (κ3) is 9.09. The number of unbranched alkanes of at least 4 members (excludes halogenated alkanes) is 1. The number of aromatic nitrogens is 3. The molecular formula is C15H31IN6O. The van der Waals surface area contributed by atoms with Gasteiger partial charge >= 0.3 is 0 Å². The maximum atomic E-state index is 5.34. The zero-order valence-electron chi connectivity index (χ0n) is 14.8. The molecule has 0 aromatic carbocycles. The highest BCUT2D eigenvalue weighted by Crippen LogP contribution is 1.99. The predicted octanol–water partition coefficient (Wildman–Crippen LogP) is 2.00. The SMILES string of the molecule is CCCCNC(=NCc1nnc(C)n1C)NCCCOCC.I. The Morgan fingerprint density at radius 2 is 1.87 bits per heavy atom. The molecule has 7 nitrogen and oxygen atoms in total. The summed E-state index contributed by atoms with van der Waals surface area (Å²) >= 11 is 0. The Labute approximate surface area is 156 Å². The number of rotatable bonds is 10. The van der Waals surface area contributed by atoms with Gasteiger partial charge in [0.2, 0.25) is 0 Å². The van der Waals surface area contributed by atoms with Crippen LogP contribution in [0.4, 0.5) is 0 Å². The zero-order chi connectivity index (χ0) is 16.2. The second kappa shape index (κ2) is 13.5. The van der Waals surface area contributed by atoms with Crippen molar-refractivity contribution in [2.45, 2.75) is 46.6 Å². The van der Waals surface area contributed by atoms with Gasteiger partial charge < -0.3 is 19.9 Å². The summed E-state index contributed by atoms with van der Waals surface area (Å²) < 4.78 is 7.30. The topological polar surface area (TPSA) is 76.4 Å². The largest absolute Gasteiger partial charge is 0.382 e. The van der Waals surface area contributed by atoms with Gasteiger partial charge in [-0.25, -0.2) is 4.99 Å². The van der Waals surface area contributed by atoms with Crippen molar-refractivity contribution in [3.05, 3.63) is 11.6 Å². The van der Waals surface area contributed by atoms with Gasteiger partial charge in [0.25, 0.3) is 0 Å². The van der Waals surface area contributed by atoms with E-state index >= 15 is 0 Å². The molecule has 134 valence electrons. The molecule has 1 rings (SSSR count). The van der Waals surface area contributed by atoms with Gasteiger partial charge in [-0.15, -0.1) is 34.2 Å². The Balaban J connectivity index is 0.00000484. The molecule has 0 fully saturated rings. The molecule has 0 aliphatic carbocycles. The highest BCUT2D eigenvalue weighted by atomic mass is 127. The average molecular weight is 438 g/mol. The van der Waals surface area contributed by atoms with Gasteiger partial charge in [-0.2, -0.15) is 0 Å². The fourth-order valence-electron chi connectivity index (χ4n) is 1.82. The molecule has 0 amide bonds. The van der Waals surface area contributed by atoms with Crippen LogP contribution < -0.4 is 10.6 Å². The van der Waals surface area contributed by atoms with Crippen LogP contribution in [0.3, 0.4) is 0 Å². The lowest BCUT2D eigenvalue weighted by Gasteiger charge is -2.12. The van der Waals surface area contributed by atoms with Gasteiger partial charge in [-0.1, -0.05) is 13.3 Å². The minimum absolute atomic E-state index is 0. The van der Waals surface area contributed by atoms with E-state index < -0.39 is 0 Å². The first-order valence-electron chi connectivity index (χ1n) is 8.13. The summed E-state index contributed by atoms with van der Waals surface area (Å²) in [5.41, 5.74) is 0. The lowest BCUT2D eigenvalue weighted by molar-refractivity contribution is 0.145. The van der Waals surface area contributed by atoms with Crippen LogP contribution in [0.25, 0.3) is 0 Å². The summed E-state index contributed by atoms with van der Waals surface area (Å²) in [7, 11) is 1.96. The van der Waals surface area contributed by atoms with E-state index in [0.717, 1.165) is 63.2 Å². The van der Waals surface area contributed by atoms with Crippen molar-refractivity contribution in [3.63, 3.8) is 0 Å². The lowest BCUT2D eigenvalue weighted by Crippen LogP contribution is -2.38. The zero-order valence-corrected chi connectivity index (χ0v) is 17.1. The van der Waals surface area contributed by atoms with E-state index in [1.807, 2.05) is 25.5 Å². The van der Waals surface area contributed by atoms with Crippen LogP contribution in [0, 0.1) is 6.92 Å². The van der Waals surface area contributed by atoms with Gasteiger partial charge in [0.1, 0.15) is 12.4 Å². The van der Waals surface area contributed by atoms with E-state index in [4.69, 9.17) is 4.74 Å². The molecule has 0 aliphatic rings. The van der Waals surface area contributed by atoms with Crippen molar-refractivity contribution in [1.29, 1.82) is 0 Å². The molecule has 8 heteroatoms. The van der Waals surface area contributed by atoms with E-state index in [0.29, 0.717) is 6.54 Å². The van der Waals surface area contributed by atoms with Crippen molar-refractivity contribution in [2.24, 2.45) is 12.0 Å². The Morgan fingerprint density at radius 3 is 2.43 bits per heavy atom. The van der Waals surface area contributed by atoms with Gasteiger partial charge in [-0.3, -0.25) is 0 Å². The second-order valence-corrected chi connectivity index (χ2v) is 5.14. The predicted molar refractivity (Wildman–Crippen MR) is 104 cm³/mol. The third-order valence-corrected chi connectivity index (χ3v) is 3.35. The van der Waals surface area contributed by atoms with E-state index in [1.54, 1.807) is 0 Å². The molecule has 23 heavy (non-hydrogen) atoms. The lowest BCUT2D eigenvalue weighted by atomic mass is 10.3. The van der Waals surface area contributed by atoms with Crippen LogP contribution in [0.5, 0.6) is 0 Å². The Bertz CT molecular complexity index is 449. The highest BCUT2D eigenvalue weighted by molar-refractivity contribution is 14.0. The number of nitrogens with zero attached hydrogens (tertiary/aromatic N) is 4. The standard InChI is InChI=1S/C15H30N6O.HI/c1-5-7-9-16-15(17-10-8-11-22-6-2)18-12-14-20-19-13(3)21(14)4;/h5-12H2,1-4H3,(H2,16,17,18);1H. The fourth-order valence-corrected chi connectivity index (χ4v) is 1.82. The molecule has 0 bridgehead atoms. The van der Waals surface area contributed by atoms with Crippen LogP contribution >= 0.6 is 24.0 Å². The number of aliphatic imine (C=N–C) groups is 1. The van der Waals surface area contributed by atoms with Gasteiger partial charge in [-0.05, 0) is 26.7 Å². The van der Waals surface area contributed by atoms with Crippen LogP contribution in [-0.4, -0.2) is 47.0 Å². The molecule has 2 N–H and O–H groups in total. The van der Waals surface area contributed by atoms with Gasteiger partial charge in [0.15, 0.2) is 11.8 Å². The molecule has 1 aromatic rings. The summed E-state index contributed by atoms with van der Waals surface area (Å²) in [6.07, 6.45) is 3.25. The van der Waals surface area contributed by atoms with Gasteiger partial charge in [0, 0.05) is 33.4 Å². The molecule has 0 spiro atoms. The summed E-state index contributed by atoms with van der Waals surface area (Å²) in [5, 5.41) is 14.9. The smallest absolute Gasteiger partial charge is 0.191 e. The minimum atomic E-state index is 0. The van der Waals surface area contributed by atoms with Crippen molar-refractivity contribution in [1.82, 2.24) is 25.4 Å². The van der Waals surface area contributed by atoms with Gasteiger partial charge in [0.05, 0.1) is 0 Å². The summed E-state index contributed by atoms with van der Waals surface area (Å²) in [6, 6.07) is 0. The Morgan fingerprint density at radius 1 is 1.17 bits per heavy atom. The van der Waals surface area contributed by atoms with Crippen molar-refractivity contribution in [3.8, 4) is 0 Å². The third-order valence-electron chi connectivity index (χ3n) is 3.35. The van der Waals surface area contributed by atoms with E-state index in [1.165, 1.54) is 0 Å². The first-order valence-corrected chi connectivity index (χ1v) is 8.13. The number of hydrogen-bond donors (Lipinski definition) is 2. The van der Waals surface area contributed by atoms with E-state index in [9.17, 15) is 0 Å². The maximum absolute atomic E-state index is 5.34. The molecule has 0 saturated heterocycles. The average Bonchev–Trinajstić information content (AvgIpc) is 2.83.